The highest BCUT2D eigenvalue weighted by molar-refractivity contribution is 7.80. The second kappa shape index (κ2) is 27.5. The van der Waals surface area contributed by atoms with Crippen LogP contribution in [0.3, 0.4) is 0 Å². The first-order chi connectivity index (χ1) is 34.6. The molecule has 382 valence electrons. The highest BCUT2D eigenvalue weighted by Crippen LogP contribution is 2.31. The highest BCUT2D eigenvalue weighted by Gasteiger charge is 2.38. The number of esters is 6. The minimum atomic E-state index is -1.25. The van der Waals surface area contributed by atoms with E-state index < -0.39 is 71.3 Å². The third-order valence-corrected chi connectivity index (χ3v) is 11.8. The van der Waals surface area contributed by atoms with Crippen molar-refractivity contribution in [1.29, 1.82) is 0 Å². The molecule has 0 aliphatic carbocycles. The van der Waals surface area contributed by atoms with Gasteiger partial charge in [0.05, 0.1) is 45.2 Å². The van der Waals surface area contributed by atoms with Crippen LogP contribution in [0.1, 0.15) is 73.5 Å². The summed E-state index contributed by atoms with van der Waals surface area (Å²) >= 11 is 15.9. The van der Waals surface area contributed by atoms with E-state index in [1.54, 1.807) is 48.5 Å². The van der Waals surface area contributed by atoms with Crippen molar-refractivity contribution in [2.24, 2.45) is 5.41 Å². The molecule has 4 amide bonds. The third-order valence-electron chi connectivity index (χ3n) is 10.9. The van der Waals surface area contributed by atoms with Crippen LogP contribution in [-0.2, 0) is 57.2 Å². The molecule has 0 fully saturated rings. The van der Waals surface area contributed by atoms with Gasteiger partial charge < -0.3 is 28.4 Å². The summed E-state index contributed by atoms with van der Waals surface area (Å²) in [5.41, 5.74) is 0.119. The van der Waals surface area contributed by atoms with Gasteiger partial charge in [0.15, 0.2) is 0 Å². The molecule has 0 N–H and O–H groups in total. The van der Waals surface area contributed by atoms with Gasteiger partial charge in [-0.2, -0.15) is 50.5 Å². The lowest BCUT2D eigenvalue weighted by Crippen LogP contribution is -2.44. The number of ether oxygens (including phenoxy) is 6. The first kappa shape index (κ1) is 56.6. The molecule has 2 aliphatic heterocycles. The molecule has 0 radical (unpaired) electrons. The highest BCUT2D eigenvalue weighted by atomic mass is 32.1. The molecule has 72 heavy (non-hydrogen) atoms. The van der Waals surface area contributed by atoms with Gasteiger partial charge in [0, 0.05) is 61.6 Å². The van der Waals surface area contributed by atoms with Crippen LogP contribution in [0.2, 0.25) is 0 Å². The number of nitrogens with zero attached hydrogens (tertiary/aromatic N) is 2. The summed E-state index contributed by atoms with van der Waals surface area (Å²) < 4.78 is 31.2. The quantitative estimate of drug-likeness (QED) is 0.0216. The fourth-order valence-electron chi connectivity index (χ4n) is 7.29. The Labute approximate surface area is 436 Å². The van der Waals surface area contributed by atoms with Gasteiger partial charge in [-0.1, -0.05) is 55.1 Å². The molecule has 2 aliphatic rings. The maximum atomic E-state index is 13.0. The zero-order chi connectivity index (χ0) is 52.4. The first-order valence-electron chi connectivity index (χ1n) is 22.4. The van der Waals surface area contributed by atoms with Gasteiger partial charge in [0.25, 0.3) is 23.6 Å². The molecule has 0 bridgehead atoms. The van der Waals surface area contributed by atoms with Crippen molar-refractivity contribution < 1.29 is 76.4 Å². The lowest BCUT2D eigenvalue weighted by Gasteiger charge is -2.31. The van der Waals surface area contributed by atoms with E-state index in [9.17, 15) is 47.9 Å². The number of thiol groups is 4. The number of benzene rings is 4. The van der Waals surface area contributed by atoms with Gasteiger partial charge in [-0.25, -0.2) is 4.79 Å². The molecule has 0 spiro atoms. The van der Waals surface area contributed by atoms with E-state index in [2.05, 4.69) is 57.1 Å². The Bertz CT molecular complexity index is 2550. The predicted octanol–water partition coefficient (Wildman–Crippen LogP) is 5.34. The molecule has 0 aromatic heterocycles. The summed E-state index contributed by atoms with van der Waals surface area (Å²) in [5.74, 6) is -4.60. The third kappa shape index (κ3) is 14.9. The van der Waals surface area contributed by atoms with Crippen molar-refractivity contribution in [2.45, 2.75) is 32.1 Å². The van der Waals surface area contributed by atoms with Gasteiger partial charge in [-0.3, -0.25) is 53.0 Å². The molecule has 0 unspecified atom stereocenters. The summed E-state index contributed by atoms with van der Waals surface area (Å²) in [4.78, 5) is 126. The van der Waals surface area contributed by atoms with Gasteiger partial charge in [0.2, 0.25) is 0 Å². The molecule has 18 nitrogen and oxygen atoms in total. The summed E-state index contributed by atoms with van der Waals surface area (Å²) in [5, 5.41) is 2.75. The van der Waals surface area contributed by atoms with Crippen LogP contribution in [0.4, 0.5) is 0 Å². The zero-order valence-electron chi connectivity index (χ0n) is 38.9. The van der Waals surface area contributed by atoms with Crippen LogP contribution >= 0.6 is 50.5 Å². The van der Waals surface area contributed by atoms with E-state index >= 15 is 0 Å². The predicted molar refractivity (Wildman–Crippen MR) is 274 cm³/mol. The fourth-order valence-corrected chi connectivity index (χ4v) is 8.02. The van der Waals surface area contributed by atoms with E-state index in [4.69, 9.17) is 28.4 Å². The Morgan fingerprint density at radius 1 is 0.444 bits per heavy atom. The number of carbonyl (C=O) groups excluding carboxylic acids is 10. The lowest BCUT2D eigenvalue weighted by atomic mass is 9.92. The van der Waals surface area contributed by atoms with Crippen molar-refractivity contribution in [2.75, 3.05) is 75.7 Å². The second-order valence-electron chi connectivity index (χ2n) is 16.1. The average molecular weight is 1070 g/mol. The minimum Gasteiger partial charge on any atom is -0.465 e. The molecule has 0 saturated heterocycles. The van der Waals surface area contributed by atoms with Crippen LogP contribution in [0.25, 0.3) is 21.5 Å². The van der Waals surface area contributed by atoms with Gasteiger partial charge in [0.1, 0.15) is 45.1 Å². The smallest absolute Gasteiger partial charge is 0.334 e. The van der Waals surface area contributed by atoms with Crippen LogP contribution in [0.5, 0.6) is 0 Å². The Hall–Kier alpha value is -6.36. The number of rotatable bonds is 25. The number of imide groups is 2. The monoisotopic (exact) mass is 1060 g/mol. The van der Waals surface area contributed by atoms with Crippen LogP contribution in [0, 0.1) is 5.41 Å². The number of hydrogen-bond donors (Lipinski definition) is 4. The molecule has 4 aromatic carbocycles. The number of hydrogen-bond acceptors (Lipinski definition) is 20. The molecule has 0 saturated carbocycles. The molecule has 22 heteroatoms. The Balaban J connectivity index is 0.000000292. The van der Waals surface area contributed by atoms with Crippen LogP contribution in [0.15, 0.2) is 84.9 Å². The molecule has 0 atom stereocenters. The van der Waals surface area contributed by atoms with E-state index in [-0.39, 0.29) is 107 Å². The second-order valence-corrected chi connectivity index (χ2v) is 17.9. The Kier molecular flexibility index (Phi) is 21.6. The molecule has 2 heterocycles. The van der Waals surface area contributed by atoms with Gasteiger partial charge in [-0.05, 0) is 35.0 Å². The van der Waals surface area contributed by atoms with Gasteiger partial charge in [-0.15, -0.1) is 0 Å². The van der Waals surface area contributed by atoms with E-state index in [0.29, 0.717) is 33.0 Å². The van der Waals surface area contributed by atoms with E-state index in [1.165, 1.54) is 0 Å². The molecule has 6 rings (SSSR count). The fraction of sp³-hybridized carbons (Fsp3) is 0.360. The zero-order valence-corrected chi connectivity index (χ0v) is 42.4. The largest absolute Gasteiger partial charge is 0.465 e. The van der Waals surface area contributed by atoms with E-state index in [0.717, 1.165) is 20.6 Å². The van der Waals surface area contributed by atoms with Crippen LogP contribution in [-0.4, -0.2) is 145 Å². The van der Waals surface area contributed by atoms with Crippen molar-refractivity contribution in [3.8, 4) is 0 Å². The summed E-state index contributed by atoms with van der Waals surface area (Å²) in [6.07, 6.45) is -0.218. The number of carbonyl (C=O) groups is 10. The van der Waals surface area contributed by atoms with Crippen LogP contribution < -0.4 is 0 Å². The maximum Gasteiger partial charge on any atom is 0.334 e. The van der Waals surface area contributed by atoms with Crippen molar-refractivity contribution in [3.63, 3.8) is 0 Å². The standard InChI is InChI=1S/C33H24N2O8.C17H28O8S4/c1-19(33(41)43-17-15-35-31(39)24-12-4-8-21-9-5-13-25(28(21)24)32(35)40)18-26(36)42-16-14-34-29(37)22-10-2-6-20-7-3-11-23(27(20)22)30(34)38;18-13(1-5-26)22-9-17(10-23-14(19)2-6-27,11-24-15(20)3-7-28)12-25-16(21)4-8-29/h2-13H,1,14-18H2;26-29H,1-12H2. The minimum absolute atomic E-state index is 0.0670. The van der Waals surface area contributed by atoms with Crippen molar-refractivity contribution in [1.82, 2.24) is 9.80 Å². The van der Waals surface area contributed by atoms with Gasteiger partial charge >= 0.3 is 35.8 Å². The van der Waals surface area contributed by atoms with E-state index in [1.807, 2.05) is 24.3 Å². The molecule has 4 aromatic rings. The van der Waals surface area contributed by atoms with Crippen molar-refractivity contribution >= 4 is 132 Å². The maximum absolute atomic E-state index is 13.0. The Morgan fingerprint density at radius 3 is 1.06 bits per heavy atom. The topological polar surface area (TPSA) is 233 Å². The molecular formula is C50H52N2O16S4. The molecular weight excluding hydrogens is 1010 g/mol. The lowest BCUT2D eigenvalue weighted by molar-refractivity contribution is -0.170. The van der Waals surface area contributed by atoms with Crippen molar-refractivity contribution in [3.05, 3.63) is 107 Å². The summed E-state index contributed by atoms with van der Waals surface area (Å²) in [7, 11) is 0. The number of amides is 4. The summed E-state index contributed by atoms with van der Waals surface area (Å²) in [6, 6.07) is 20.8. The first-order valence-corrected chi connectivity index (χ1v) is 24.9. The normalized spacial score (nSPS) is 12.7. The SMILES string of the molecule is C=C(CC(=O)OCCN1C(=O)c2cccc3cccc(c23)C1=O)C(=O)OCCN1C(=O)c2cccc3cccc(c23)C1=O.O=C(CCS)OCC(COC(=O)CCS)(COC(=O)CCS)COC(=O)CCS. The summed E-state index contributed by atoms with van der Waals surface area (Å²) in [6.45, 7) is 1.53. The Morgan fingerprint density at radius 2 is 0.750 bits per heavy atom. The average Bonchev–Trinajstić information content (AvgIpc) is 3.36.